The van der Waals surface area contributed by atoms with Crippen molar-refractivity contribution in [3.63, 3.8) is 0 Å². The Morgan fingerprint density at radius 3 is 2.31 bits per heavy atom. The molecule has 0 bridgehead atoms. The number of piperidine rings is 1. The molecule has 0 atom stereocenters. The van der Waals surface area contributed by atoms with Crippen molar-refractivity contribution in [3.05, 3.63) is 30.1 Å². The van der Waals surface area contributed by atoms with Crippen molar-refractivity contribution < 1.29 is 18.8 Å². The third-order valence-electron chi connectivity index (χ3n) is 4.17. The highest BCUT2D eigenvalue weighted by Crippen LogP contribution is 2.18. The molecule has 8 heteroatoms. The van der Waals surface area contributed by atoms with Gasteiger partial charge in [0.2, 0.25) is 0 Å². The van der Waals surface area contributed by atoms with Gasteiger partial charge in [-0.2, -0.15) is 0 Å². The molecule has 1 saturated heterocycles. The highest BCUT2D eigenvalue weighted by molar-refractivity contribution is 6.35. The number of hydrogen-bond acceptors (Lipinski definition) is 3. The predicted octanol–water partition coefficient (Wildman–Crippen LogP) is 1.71. The van der Waals surface area contributed by atoms with Gasteiger partial charge in [0.25, 0.3) is 0 Å². The van der Waals surface area contributed by atoms with Gasteiger partial charge in [0.15, 0.2) is 0 Å². The number of nitrogens with one attached hydrogen (secondary N) is 3. The quantitative estimate of drug-likeness (QED) is 0.711. The number of urea groups is 1. The molecule has 1 fully saturated rings. The van der Waals surface area contributed by atoms with E-state index in [1.54, 1.807) is 18.7 Å². The van der Waals surface area contributed by atoms with E-state index in [0.717, 1.165) is 12.8 Å². The van der Waals surface area contributed by atoms with Crippen LogP contribution in [0.1, 0.15) is 26.7 Å². The van der Waals surface area contributed by atoms with Crippen molar-refractivity contribution in [2.24, 2.45) is 5.92 Å². The molecule has 4 amide bonds. The van der Waals surface area contributed by atoms with E-state index in [4.69, 9.17) is 0 Å². The molecular weight excluding hydrogens is 339 g/mol. The van der Waals surface area contributed by atoms with Crippen molar-refractivity contribution in [2.75, 3.05) is 25.0 Å². The first kappa shape index (κ1) is 19.7. The third kappa shape index (κ3) is 6.02. The lowest BCUT2D eigenvalue weighted by Crippen LogP contribution is -2.46. The number of anilines is 1. The second kappa shape index (κ2) is 9.17. The molecule has 0 saturated carbocycles. The zero-order valence-corrected chi connectivity index (χ0v) is 15.0. The van der Waals surface area contributed by atoms with Crippen LogP contribution in [-0.2, 0) is 9.59 Å². The number of nitrogens with zero attached hydrogens (tertiary/aromatic N) is 1. The molecule has 1 aromatic rings. The van der Waals surface area contributed by atoms with Gasteiger partial charge >= 0.3 is 17.8 Å². The molecule has 1 aromatic carbocycles. The van der Waals surface area contributed by atoms with Crippen LogP contribution >= 0.6 is 0 Å². The Kier molecular flexibility index (Phi) is 6.94. The Hall–Kier alpha value is -2.64. The van der Waals surface area contributed by atoms with Crippen LogP contribution in [0.5, 0.6) is 0 Å². The Morgan fingerprint density at radius 1 is 1.12 bits per heavy atom. The van der Waals surface area contributed by atoms with Crippen molar-refractivity contribution in [2.45, 2.75) is 32.7 Å². The van der Waals surface area contributed by atoms with Crippen molar-refractivity contribution in [3.8, 4) is 0 Å². The molecule has 0 unspecified atom stereocenters. The molecule has 0 spiro atoms. The topological polar surface area (TPSA) is 90.5 Å². The van der Waals surface area contributed by atoms with E-state index in [2.05, 4.69) is 16.0 Å². The largest absolute Gasteiger partial charge is 0.348 e. The van der Waals surface area contributed by atoms with E-state index >= 15 is 0 Å². The highest BCUT2D eigenvalue weighted by Gasteiger charge is 2.24. The molecule has 1 aliphatic heterocycles. The summed E-state index contributed by atoms with van der Waals surface area (Å²) >= 11 is 0. The SMILES string of the molecule is CC(C)NC(=O)C(=O)NCC1CCN(C(=O)Nc2ccc(F)cc2)CC1. The first-order valence-corrected chi connectivity index (χ1v) is 8.75. The van der Waals surface area contributed by atoms with Crippen LogP contribution in [0, 0.1) is 11.7 Å². The molecule has 3 N–H and O–H groups in total. The van der Waals surface area contributed by atoms with Gasteiger partial charge in [-0.05, 0) is 56.9 Å². The van der Waals surface area contributed by atoms with Gasteiger partial charge in [-0.3, -0.25) is 9.59 Å². The van der Waals surface area contributed by atoms with Gasteiger partial charge in [-0.1, -0.05) is 0 Å². The predicted molar refractivity (Wildman–Crippen MR) is 96.0 cm³/mol. The van der Waals surface area contributed by atoms with E-state index in [1.807, 2.05) is 0 Å². The molecular formula is C18H25FN4O3. The van der Waals surface area contributed by atoms with Gasteiger partial charge in [-0.25, -0.2) is 9.18 Å². The molecule has 0 radical (unpaired) electrons. The van der Waals surface area contributed by atoms with Crippen LogP contribution in [0.25, 0.3) is 0 Å². The van der Waals surface area contributed by atoms with E-state index in [0.29, 0.717) is 25.3 Å². The molecule has 26 heavy (non-hydrogen) atoms. The van der Waals surface area contributed by atoms with E-state index in [-0.39, 0.29) is 23.8 Å². The zero-order valence-electron chi connectivity index (χ0n) is 15.0. The summed E-state index contributed by atoms with van der Waals surface area (Å²) in [5, 5.41) is 7.92. The van der Waals surface area contributed by atoms with Gasteiger partial charge in [0.05, 0.1) is 0 Å². The molecule has 0 aliphatic carbocycles. The second-order valence-electron chi connectivity index (χ2n) is 6.71. The molecule has 2 rings (SSSR count). The van der Waals surface area contributed by atoms with Crippen LogP contribution in [0.15, 0.2) is 24.3 Å². The standard InChI is InChI=1S/C18H25FN4O3/c1-12(2)21-17(25)16(24)20-11-13-7-9-23(10-8-13)18(26)22-15-5-3-14(19)4-6-15/h3-6,12-13H,7-11H2,1-2H3,(H,20,24)(H,21,25)(H,22,26). The maximum absolute atomic E-state index is 12.9. The van der Waals surface area contributed by atoms with Crippen molar-refractivity contribution in [1.29, 1.82) is 0 Å². The number of likely N-dealkylation sites (tertiary alicyclic amines) is 1. The molecule has 1 aliphatic rings. The fraction of sp³-hybridized carbons (Fsp3) is 0.500. The number of rotatable bonds is 4. The summed E-state index contributed by atoms with van der Waals surface area (Å²) in [6, 6.07) is 5.29. The molecule has 7 nitrogen and oxygen atoms in total. The van der Waals surface area contributed by atoms with E-state index in [9.17, 15) is 18.8 Å². The zero-order chi connectivity index (χ0) is 19.1. The van der Waals surface area contributed by atoms with Crippen molar-refractivity contribution in [1.82, 2.24) is 15.5 Å². The number of amides is 4. The summed E-state index contributed by atoms with van der Waals surface area (Å²) in [4.78, 5) is 37.2. The monoisotopic (exact) mass is 364 g/mol. The minimum Gasteiger partial charge on any atom is -0.348 e. The van der Waals surface area contributed by atoms with Crippen LogP contribution in [0.3, 0.4) is 0 Å². The Bertz CT molecular complexity index is 640. The Morgan fingerprint density at radius 2 is 1.73 bits per heavy atom. The fourth-order valence-corrected chi connectivity index (χ4v) is 2.72. The average molecular weight is 364 g/mol. The third-order valence-corrected chi connectivity index (χ3v) is 4.17. The lowest BCUT2D eigenvalue weighted by atomic mass is 9.97. The lowest BCUT2D eigenvalue weighted by Gasteiger charge is -2.32. The Balaban J connectivity index is 1.71. The summed E-state index contributed by atoms with van der Waals surface area (Å²) in [7, 11) is 0. The maximum Gasteiger partial charge on any atom is 0.321 e. The maximum atomic E-state index is 12.9. The minimum absolute atomic E-state index is 0.0869. The fourth-order valence-electron chi connectivity index (χ4n) is 2.72. The number of benzene rings is 1. The highest BCUT2D eigenvalue weighted by atomic mass is 19.1. The number of carbonyl (C=O) groups excluding carboxylic acids is 3. The van der Waals surface area contributed by atoms with Crippen LogP contribution < -0.4 is 16.0 Å². The summed E-state index contributed by atoms with van der Waals surface area (Å²) < 4.78 is 12.9. The minimum atomic E-state index is -0.629. The smallest absolute Gasteiger partial charge is 0.321 e. The number of carbonyl (C=O) groups is 3. The van der Waals surface area contributed by atoms with E-state index < -0.39 is 11.8 Å². The van der Waals surface area contributed by atoms with E-state index in [1.165, 1.54) is 24.3 Å². The molecule has 142 valence electrons. The van der Waals surface area contributed by atoms with Gasteiger partial charge < -0.3 is 20.9 Å². The normalized spacial score (nSPS) is 14.8. The summed E-state index contributed by atoms with van der Waals surface area (Å²) in [5.74, 6) is -1.39. The summed E-state index contributed by atoms with van der Waals surface area (Å²) in [5.41, 5.74) is 0.543. The van der Waals surface area contributed by atoms with Crippen LogP contribution in [0.4, 0.5) is 14.9 Å². The summed E-state index contributed by atoms with van der Waals surface area (Å²) in [6.45, 7) is 5.12. The summed E-state index contributed by atoms with van der Waals surface area (Å²) in [6.07, 6.45) is 1.48. The first-order chi connectivity index (χ1) is 12.3. The van der Waals surface area contributed by atoms with Gasteiger partial charge in [-0.15, -0.1) is 0 Å². The van der Waals surface area contributed by atoms with Gasteiger partial charge in [0.1, 0.15) is 5.82 Å². The number of halogens is 1. The van der Waals surface area contributed by atoms with Gasteiger partial charge in [0, 0.05) is 31.4 Å². The number of hydrogen-bond donors (Lipinski definition) is 3. The first-order valence-electron chi connectivity index (χ1n) is 8.75. The Labute approximate surface area is 152 Å². The molecule has 1 heterocycles. The average Bonchev–Trinajstić information content (AvgIpc) is 2.61. The molecule has 0 aromatic heterocycles. The van der Waals surface area contributed by atoms with Crippen molar-refractivity contribution >= 4 is 23.5 Å². The second-order valence-corrected chi connectivity index (χ2v) is 6.71. The van der Waals surface area contributed by atoms with Crippen LogP contribution in [-0.4, -0.2) is 48.4 Å². The lowest BCUT2D eigenvalue weighted by molar-refractivity contribution is -0.139. The van der Waals surface area contributed by atoms with Crippen LogP contribution in [0.2, 0.25) is 0 Å².